The van der Waals surface area contributed by atoms with Gasteiger partial charge in [0.2, 0.25) is 0 Å². The summed E-state index contributed by atoms with van der Waals surface area (Å²) in [7, 11) is 0. The number of aliphatic hydroxyl groups is 2. The van der Waals surface area contributed by atoms with Gasteiger partial charge < -0.3 is 26.8 Å². The first-order valence-electron chi connectivity index (χ1n) is 26.1. The minimum atomic E-state index is -0.0261. The summed E-state index contributed by atoms with van der Waals surface area (Å²) in [5, 5.41) is 19.2. The second-order valence-electron chi connectivity index (χ2n) is 17.7. The average Bonchev–Trinajstić information content (AvgIpc) is 3.24. The van der Waals surface area contributed by atoms with Gasteiger partial charge in [0, 0.05) is 13.0 Å². The molecule has 0 saturated heterocycles. The number of hydrogen-bond donors (Lipinski definition) is 2. The molecule has 0 aliphatic carbocycles. The maximum atomic E-state index is 12.6. The number of nitrogens with zero attached hydrogens (tertiary/aromatic N) is 1. The molecule has 6 nitrogen and oxygen atoms in total. The van der Waals surface area contributed by atoms with Crippen LogP contribution >= 0.6 is 0 Å². The van der Waals surface area contributed by atoms with Gasteiger partial charge in [0.15, 0.2) is 0 Å². The van der Waals surface area contributed by atoms with Crippen molar-refractivity contribution in [1.29, 1.82) is 0 Å². The minimum absolute atomic E-state index is 0.0261. The van der Waals surface area contributed by atoms with E-state index < -0.39 is 0 Å². The molecule has 59 heavy (non-hydrogen) atoms. The molecule has 356 valence electrons. The average molecular weight is 1010 g/mol. The van der Waals surface area contributed by atoms with Gasteiger partial charge in [0.25, 0.3) is 0 Å². The summed E-state index contributed by atoms with van der Waals surface area (Å²) in [6.07, 6.45) is 49.5. The molecule has 0 aliphatic heterocycles. The van der Waals surface area contributed by atoms with Gasteiger partial charge in [0.05, 0.1) is 12.7 Å². The fraction of sp³-hybridized carbons (Fsp3) is 0.962. The summed E-state index contributed by atoms with van der Waals surface area (Å²) >= 11 is 0.333. The molecule has 0 amide bonds. The summed E-state index contributed by atoms with van der Waals surface area (Å²) in [6, 6.07) is 0. The van der Waals surface area contributed by atoms with Crippen molar-refractivity contribution in [2.45, 2.75) is 297 Å². The van der Waals surface area contributed by atoms with Gasteiger partial charge in [-0.25, -0.2) is 0 Å². The number of hydrogen-bond acceptors (Lipinski definition) is 6. The molecular weight excluding hydrogens is 902 g/mol. The van der Waals surface area contributed by atoms with Crippen molar-refractivity contribution in [2.24, 2.45) is 0 Å². The fourth-order valence-electron chi connectivity index (χ4n) is 7.93. The maximum absolute atomic E-state index is 12.6. The Morgan fingerprint density at radius 3 is 1.17 bits per heavy atom. The molecule has 2 N–H and O–H groups in total. The van der Waals surface area contributed by atoms with Gasteiger partial charge in [-0.15, -0.1) is 0 Å². The van der Waals surface area contributed by atoms with Gasteiger partial charge in [-0.05, 0) is 70.9 Å². The first-order valence-corrected chi connectivity index (χ1v) is 27.3. The Labute approximate surface area is 381 Å². The molecule has 7 heteroatoms. The number of esters is 1. The Bertz CT molecular complexity index is 759. The zero-order valence-electron chi connectivity index (χ0n) is 40.4. The summed E-state index contributed by atoms with van der Waals surface area (Å²) in [5.74, 6) is 0.0332. The van der Waals surface area contributed by atoms with Crippen LogP contribution < -0.4 is 0 Å². The molecule has 2 unspecified atom stereocenters. The van der Waals surface area contributed by atoms with Crippen LogP contribution in [0.2, 0.25) is 0 Å². The Hall–Kier alpha value is -0.162. The summed E-state index contributed by atoms with van der Waals surface area (Å²) < 4.78 is 14.3. The first kappa shape index (κ1) is 63.1. The molecule has 0 fully saturated rings. The molecule has 2 atom stereocenters. The Morgan fingerprint density at radius 2 is 0.797 bits per heavy atom. The normalized spacial score (nSPS) is 12.1. The topological polar surface area (TPSA) is 87.1 Å². The number of carbonyl (C=O) groups excluding carboxylic acids is 1. The predicted octanol–water partition coefficient (Wildman–Crippen LogP) is 15.9. The van der Waals surface area contributed by atoms with Crippen molar-refractivity contribution in [3.8, 4) is 0 Å². The number of carbonyl (C=O) groups is 1. The van der Waals surface area contributed by atoms with Crippen molar-refractivity contribution in [1.82, 2.24) is 4.90 Å². The molecule has 0 aromatic carbocycles. The van der Waals surface area contributed by atoms with Gasteiger partial charge in [-0.2, -0.15) is 6.42 Å². The molecule has 0 spiro atoms. The van der Waals surface area contributed by atoms with E-state index in [9.17, 15) is 15.0 Å². The molecule has 0 radical (unpaired) electrons. The van der Waals surface area contributed by atoms with Crippen LogP contribution in [0.25, 0.3) is 0 Å². The quantitative estimate of drug-likeness (QED) is 0.0359. The SMILES string of the molecule is CCCCCCCCCC(O)CCCCCCCC.[CH2-]CCCCN(CCO)CCCCCCCCC(=O)OC(CCCCCCCC)CCCCCCCCC.[O]=[W]. The van der Waals surface area contributed by atoms with E-state index in [1.54, 1.807) is 0 Å². The van der Waals surface area contributed by atoms with Crippen LogP contribution in [0.4, 0.5) is 0 Å². The zero-order chi connectivity index (χ0) is 44.1. The zero-order valence-corrected chi connectivity index (χ0v) is 43.4. The molecule has 0 saturated carbocycles. The second kappa shape index (κ2) is 57.8. The Balaban J connectivity index is -0.00000125. The van der Waals surface area contributed by atoms with Crippen molar-refractivity contribution in [3.05, 3.63) is 6.92 Å². The van der Waals surface area contributed by atoms with Gasteiger partial charge in [0.1, 0.15) is 6.10 Å². The van der Waals surface area contributed by atoms with Crippen molar-refractivity contribution in [2.75, 3.05) is 26.2 Å². The molecule has 0 aromatic rings. The Kier molecular flexibility index (Phi) is 61.9. The number of aliphatic hydroxyl groups excluding tert-OH is 2. The molecule has 0 aliphatic rings. The van der Waals surface area contributed by atoms with Crippen LogP contribution in [0.15, 0.2) is 0 Å². The monoisotopic (exact) mass is 1010 g/mol. The van der Waals surface area contributed by atoms with Crippen molar-refractivity contribution >= 4 is 5.97 Å². The number of rotatable bonds is 46. The van der Waals surface area contributed by atoms with E-state index in [1.807, 2.05) is 0 Å². The standard InChI is InChI=1S/C34H68NO3.C18H38O.O.W/c1-4-7-10-12-14-18-22-27-33(26-21-17-13-11-8-5-2)38-34(37)28-23-19-15-16-20-25-30-35(31-32-36)29-24-9-6-3;1-3-5-7-9-11-13-15-17-18(19)16-14-12-10-8-6-4-2;;/h33,36H,3-32H2,1-2H3;18-19H,3-17H2,1-2H3;;/q-1;;;. The van der Waals surface area contributed by atoms with E-state index in [4.69, 9.17) is 8.13 Å². The second-order valence-corrected chi connectivity index (χ2v) is 17.7. The van der Waals surface area contributed by atoms with Gasteiger partial charge >= 0.3 is 29.1 Å². The third-order valence-corrected chi connectivity index (χ3v) is 11.8. The van der Waals surface area contributed by atoms with E-state index in [1.165, 1.54) is 205 Å². The van der Waals surface area contributed by atoms with E-state index in [-0.39, 0.29) is 24.8 Å². The van der Waals surface area contributed by atoms with Crippen LogP contribution in [0.3, 0.4) is 0 Å². The van der Waals surface area contributed by atoms with Gasteiger partial charge in [-0.1, -0.05) is 214 Å². The van der Waals surface area contributed by atoms with Crippen molar-refractivity contribution in [3.63, 3.8) is 0 Å². The van der Waals surface area contributed by atoms with Crippen LogP contribution in [-0.2, 0) is 32.7 Å². The third kappa shape index (κ3) is 55.8. The van der Waals surface area contributed by atoms with E-state index in [0.717, 1.165) is 64.6 Å². The van der Waals surface area contributed by atoms with Crippen LogP contribution in [0.5, 0.6) is 0 Å². The van der Waals surface area contributed by atoms with Crippen LogP contribution in [0, 0.1) is 6.92 Å². The summed E-state index contributed by atoms with van der Waals surface area (Å²) in [5.41, 5.74) is 0. The summed E-state index contributed by atoms with van der Waals surface area (Å²) in [6.45, 7) is 16.2. The third-order valence-electron chi connectivity index (χ3n) is 11.8. The van der Waals surface area contributed by atoms with E-state index in [2.05, 4.69) is 39.5 Å². The van der Waals surface area contributed by atoms with Crippen LogP contribution in [0.1, 0.15) is 285 Å². The Morgan fingerprint density at radius 1 is 0.475 bits per heavy atom. The fourth-order valence-corrected chi connectivity index (χ4v) is 7.93. The van der Waals surface area contributed by atoms with Gasteiger partial charge in [-0.3, -0.25) is 4.79 Å². The number of unbranched alkanes of at least 4 members (excludes halogenated alkanes) is 29. The summed E-state index contributed by atoms with van der Waals surface area (Å²) in [4.78, 5) is 15.0. The van der Waals surface area contributed by atoms with E-state index in [0.29, 0.717) is 26.2 Å². The molecule has 0 bridgehead atoms. The van der Waals surface area contributed by atoms with Crippen LogP contribution in [-0.4, -0.2) is 59.5 Å². The number of ether oxygens (including phenoxy) is 1. The molecule has 0 heterocycles. The molecule has 0 rings (SSSR count). The van der Waals surface area contributed by atoms with Crippen molar-refractivity contribution < 1.29 is 42.9 Å². The first-order chi connectivity index (χ1) is 29.0. The predicted molar refractivity (Wildman–Crippen MR) is 253 cm³/mol. The van der Waals surface area contributed by atoms with E-state index >= 15 is 0 Å². The molecule has 0 aromatic heterocycles. The molecular formula is C52H106NO5W-.